The van der Waals surface area contributed by atoms with Gasteiger partial charge >= 0.3 is 6.03 Å². The Morgan fingerprint density at radius 2 is 1.79 bits per heavy atom. The predicted molar refractivity (Wildman–Crippen MR) is 94.1 cm³/mol. The third kappa shape index (κ3) is 3.72. The molecule has 3 atom stereocenters. The van der Waals surface area contributed by atoms with Crippen molar-refractivity contribution in [3.05, 3.63) is 0 Å². The van der Waals surface area contributed by atoms with E-state index in [0.717, 1.165) is 38.8 Å². The summed E-state index contributed by atoms with van der Waals surface area (Å²) in [6, 6.07) is 1.39. The van der Waals surface area contributed by atoms with E-state index in [1.54, 1.807) is 0 Å². The molecule has 4 fully saturated rings. The molecule has 2 N–H and O–H groups in total. The normalized spacial score (nSPS) is 36.2. The number of amides is 2. The summed E-state index contributed by atoms with van der Waals surface area (Å²) < 4.78 is 6.14. The molecule has 0 aromatic rings. The maximum atomic E-state index is 12.5. The third-order valence-corrected chi connectivity index (χ3v) is 6.75. The Hall–Kier alpha value is -0.810. The summed E-state index contributed by atoms with van der Waals surface area (Å²) in [6.07, 6.45) is 13.1. The molecule has 0 aromatic heterocycles. The number of hydrogen-bond acceptors (Lipinski definition) is 3. The van der Waals surface area contributed by atoms with E-state index in [4.69, 9.17) is 4.74 Å². The second-order valence-corrected chi connectivity index (χ2v) is 8.45. The van der Waals surface area contributed by atoms with Crippen molar-refractivity contribution in [2.45, 2.75) is 94.4 Å². The Morgan fingerprint density at radius 1 is 0.958 bits per heavy atom. The fourth-order valence-electron chi connectivity index (χ4n) is 5.46. The highest BCUT2D eigenvalue weighted by Gasteiger charge is 2.39. The van der Waals surface area contributed by atoms with Crippen LogP contribution in [-0.2, 0) is 4.74 Å². The average molecular weight is 335 g/mol. The lowest BCUT2D eigenvalue weighted by molar-refractivity contribution is -0.107. The van der Waals surface area contributed by atoms with Gasteiger partial charge in [-0.2, -0.15) is 0 Å². The van der Waals surface area contributed by atoms with Gasteiger partial charge in [0.2, 0.25) is 0 Å². The molecule has 4 rings (SSSR count). The monoisotopic (exact) mass is 335 g/mol. The molecular formula is C19H33N3O2. The average Bonchev–Trinajstić information content (AvgIpc) is 3.03. The van der Waals surface area contributed by atoms with Gasteiger partial charge in [-0.3, -0.25) is 0 Å². The zero-order valence-corrected chi connectivity index (χ0v) is 14.9. The molecule has 4 aliphatic rings. The van der Waals surface area contributed by atoms with Crippen LogP contribution >= 0.6 is 0 Å². The minimum Gasteiger partial charge on any atom is -0.375 e. The fraction of sp³-hybridized carbons (Fsp3) is 0.947. The van der Waals surface area contributed by atoms with E-state index in [1.165, 1.54) is 51.5 Å². The molecule has 1 spiro atoms. The van der Waals surface area contributed by atoms with E-state index in [1.807, 2.05) is 0 Å². The molecule has 0 unspecified atom stereocenters. The molecular weight excluding hydrogens is 302 g/mol. The van der Waals surface area contributed by atoms with Crippen molar-refractivity contribution in [2.24, 2.45) is 0 Å². The van der Waals surface area contributed by atoms with Crippen molar-refractivity contribution in [2.75, 3.05) is 19.7 Å². The van der Waals surface area contributed by atoms with Crippen LogP contribution in [0.1, 0.15) is 70.6 Å². The zero-order valence-electron chi connectivity index (χ0n) is 14.9. The van der Waals surface area contributed by atoms with Crippen LogP contribution in [-0.4, -0.2) is 54.4 Å². The van der Waals surface area contributed by atoms with E-state index in [-0.39, 0.29) is 17.7 Å². The summed E-state index contributed by atoms with van der Waals surface area (Å²) in [5, 5.41) is 6.51. The Labute approximate surface area is 145 Å². The van der Waals surface area contributed by atoms with Crippen LogP contribution in [0, 0.1) is 0 Å². The van der Waals surface area contributed by atoms with Gasteiger partial charge in [-0.25, -0.2) is 4.79 Å². The molecule has 0 bridgehead atoms. The fourth-order valence-corrected chi connectivity index (χ4v) is 5.46. The number of nitrogens with one attached hydrogen (secondary N) is 2. The number of piperidine rings is 1. The summed E-state index contributed by atoms with van der Waals surface area (Å²) in [5.74, 6) is 0. The Morgan fingerprint density at radius 3 is 2.67 bits per heavy atom. The smallest absolute Gasteiger partial charge is 0.315 e. The van der Waals surface area contributed by atoms with Gasteiger partial charge in [-0.15, -0.1) is 0 Å². The first-order chi connectivity index (χ1) is 11.7. The first-order valence-electron chi connectivity index (χ1n) is 10.2. The first-order valence-corrected chi connectivity index (χ1v) is 10.2. The van der Waals surface area contributed by atoms with Crippen LogP contribution in [0.15, 0.2) is 0 Å². The molecule has 1 saturated carbocycles. The van der Waals surface area contributed by atoms with E-state index in [0.29, 0.717) is 12.1 Å². The number of nitrogens with zero attached hydrogens (tertiary/aromatic N) is 1. The number of rotatable bonds is 2. The van der Waals surface area contributed by atoms with Crippen molar-refractivity contribution in [3.63, 3.8) is 0 Å². The second kappa shape index (κ2) is 7.20. The Kier molecular flexibility index (Phi) is 5.00. The first kappa shape index (κ1) is 16.6. The number of carbonyl (C=O) groups excluding carboxylic acids is 1. The van der Waals surface area contributed by atoms with E-state index in [2.05, 4.69) is 15.5 Å². The lowest BCUT2D eigenvalue weighted by atomic mass is 9.78. The number of ether oxygens (including phenoxy) is 1. The van der Waals surface area contributed by atoms with Gasteiger partial charge in [-0.05, 0) is 57.9 Å². The molecule has 136 valence electrons. The van der Waals surface area contributed by atoms with Gasteiger partial charge in [0.1, 0.15) is 0 Å². The van der Waals surface area contributed by atoms with Gasteiger partial charge < -0.3 is 20.3 Å². The Bertz CT molecular complexity index is 444. The molecule has 3 heterocycles. The summed E-state index contributed by atoms with van der Waals surface area (Å²) in [4.78, 5) is 15.1. The molecule has 3 aliphatic heterocycles. The Balaban J connectivity index is 1.25. The van der Waals surface area contributed by atoms with E-state index >= 15 is 0 Å². The third-order valence-electron chi connectivity index (χ3n) is 6.75. The number of hydrogen-bond donors (Lipinski definition) is 2. The van der Waals surface area contributed by atoms with Crippen molar-refractivity contribution >= 4 is 6.03 Å². The molecule has 5 heteroatoms. The van der Waals surface area contributed by atoms with Crippen LogP contribution in [0.3, 0.4) is 0 Å². The molecule has 24 heavy (non-hydrogen) atoms. The summed E-state index contributed by atoms with van der Waals surface area (Å²) in [5.41, 5.74) is 0.0592. The summed E-state index contributed by atoms with van der Waals surface area (Å²) in [6.45, 7) is 3.20. The van der Waals surface area contributed by atoms with Crippen molar-refractivity contribution in [3.8, 4) is 0 Å². The molecule has 5 nitrogen and oxygen atoms in total. The van der Waals surface area contributed by atoms with Crippen LogP contribution < -0.4 is 10.6 Å². The maximum absolute atomic E-state index is 12.5. The van der Waals surface area contributed by atoms with Crippen LogP contribution in [0.5, 0.6) is 0 Å². The quantitative estimate of drug-likeness (QED) is 0.816. The van der Waals surface area contributed by atoms with Crippen molar-refractivity contribution in [1.82, 2.24) is 15.5 Å². The number of carbonyl (C=O) groups is 1. The molecule has 3 saturated heterocycles. The second-order valence-electron chi connectivity index (χ2n) is 8.45. The highest BCUT2D eigenvalue weighted by Crippen LogP contribution is 2.38. The topological polar surface area (TPSA) is 53.6 Å². The predicted octanol–water partition coefficient (Wildman–Crippen LogP) is 2.79. The molecule has 0 radical (unpaired) electrons. The lowest BCUT2D eigenvalue weighted by Gasteiger charge is -2.43. The van der Waals surface area contributed by atoms with Gasteiger partial charge in [0.15, 0.2) is 0 Å². The van der Waals surface area contributed by atoms with Gasteiger partial charge in [0.25, 0.3) is 0 Å². The summed E-state index contributed by atoms with van der Waals surface area (Å²) >= 11 is 0. The van der Waals surface area contributed by atoms with E-state index < -0.39 is 0 Å². The van der Waals surface area contributed by atoms with Crippen molar-refractivity contribution < 1.29 is 9.53 Å². The van der Waals surface area contributed by atoms with Gasteiger partial charge in [0.05, 0.1) is 5.60 Å². The van der Waals surface area contributed by atoms with Gasteiger partial charge in [-0.1, -0.05) is 19.3 Å². The maximum Gasteiger partial charge on any atom is 0.315 e. The molecule has 0 aromatic carbocycles. The lowest BCUT2D eigenvalue weighted by Crippen LogP contribution is -2.54. The molecule has 1 aliphatic carbocycles. The minimum absolute atomic E-state index is 0.0457. The minimum atomic E-state index is 0.0457. The van der Waals surface area contributed by atoms with Crippen molar-refractivity contribution in [1.29, 1.82) is 0 Å². The standard InChI is InChI=1S/C19H33N3O2/c23-18(20-15-6-11-22-10-4-5-17(22)13-15)21-16-7-12-24-19(14-16)8-2-1-3-9-19/h15-17H,1-14H2,(H2,20,21,23)/t15-,16-,17-/m1/s1. The van der Waals surface area contributed by atoms with E-state index in [9.17, 15) is 4.79 Å². The van der Waals surface area contributed by atoms with Gasteiger partial charge in [0, 0.05) is 31.3 Å². The number of urea groups is 1. The highest BCUT2D eigenvalue weighted by molar-refractivity contribution is 5.74. The van der Waals surface area contributed by atoms with Crippen LogP contribution in [0.4, 0.5) is 4.79 Å². The van der Waals surface area contributed by atoms with Crippen LogP contribution in [0.25, 0.3) is 0 Å². The highest BCUT2D eigenvalue weighted by atomic mass is 16.5. The summed E-state index contributed by atoms with van der Waals surface area (Å²) in [7, 11) is 0. The number of fused-ring (bicyclic) bond motifs is 1. The SMILES string of the molecule is O=C(N[C@@H]1CCN2CCC[C@@H]2C1)N[C@@H]1CCOC2(CCCCC2)C1. The molecule has 2 amide bonds. The van der Waals surface area contributed by atoms with Crippen LogP contribution in [0.2, 0.25) is 0 Å². The zero-order chi connectivity index (χ0) is 16.4. The largest absolute Gasteiger partial charge is 0.375 e.